The van der Waals surface area contributed by atoms with Crippen molar-refractivity contribution in [1.82, 2.24) is 5.43 Å². The van der Waals surface area contributed by atoms with Crippen LogP contribution in [0.1, 0.15) is 23.5 Å². The molecule has 0 saturated carbocycles. The number of benzene rings is 3. The largest absolute Gasteiger partial charge is 0.481 e. The third-order valence-corrected chi connectivity index (χ3v) is 6.80. The van der Waals surface area contributed by atoms with Crippen LogP contribution in [0, 0.1) is 0 Å². The molecular weight excluding hydrogens is 428 g/mol. The number of aliphatic carboxylic acids is 1. The highest BCUT2D eigenvalue weighted by Gasteiger charge is 2.23. The van der Waals surface area contributed by atoms with Crippen molar-refractivity contribution in [3.8, 4) is 0 Å². The number of anilines is 1. The summed E-state index contributed by atoms with van der Waals surface area (Å²) in [5, 5.41) is 9.41. The fraction of sp³-hybridized carbons (Fsp3) is 0.130. The number of hydrogen-bond donors (Lipinski definition) is 3. The van der Waals surface area contributed by atoms with E-state index < -0.39 is 21.9 Å². The van der Waals surface area contributed by atoms with Crippen LogP contribution in [0.3, 0.4) is 0 Å². The van der Waals surface area contributed by atoms with Crippen molar-refractivity contribution in [2.45, 2.75) is 17.2 Å². The fourth-order valence-corrected chi connectivity index (χ4v) is 4.53. The second kappa shape index (κ2) is 10.1. The molecule has 0 aliphatic carbocycles. The highest BCUT2D eigenvalue weighted by molar-refractivity contribution is 7.92. The van der Waals surface area contributed by atoms with Gasteiger partial charge in [-0.15, -0.1) is 0 Å². The van der Waals surface area contributed by atoms with E-state index in [4.69, 9.17) is 5.84 Å². The normalized spacial score (nSPS) is 12.4. The molecule has 0 saturated heterocycles. The lowest BCUT2D eigenvalue weighted by molar-refractivity contribution is -0.137. The topological polar surface area (TPSA) is 125 Å². The number of sulfonamides is 1. The van der Waals surface area contributed by atoms with Crippen molar-refractivity contribution in [2.24, 2.45) is 10.8 Å². The van der Waals surface area contributed by atoms with Crippen LogP contribution in [0.2, 0.25) is 0 Å². The van der Waals surface area contributed by atoms with Gasteiger partial charge in [-0.05, 0) is 47.5 Å². The van der Waals surface area contributed by atoms with E-state index in [1.807, 2.05) is 36.4 Å². The molecule has 3 aromatic carbocycles. The molecule has 0 radical (unpaired) electrons. The van der Waals surface area contributed by atoms with Crippen LogP contribution >= 0.6 is 0 Å². The summed E-state index contributed by atoms with van der Waals surface area (Å²) in [5.41, 5.74) is 4.83. The zero-order chi connectivity index (χ0) is 23.1. The standard InChI is InChI=1S/C23H24N4O4S/c1-27(32(30,31)21-12-10-19(11-13-21)25-16-26-24)20-9-5-8-18(14-20)22(15-23(28)29)17-6-3-2-4-7-17/h2-14,16,22H,15,24H2,1H3,(H,25,26)(H,28,29). The molecule has 0 aliphatic rings. The molecule has 9 heteroatoms. The van der Waals surface area contributed by atoms with Crippen molar-refractivity contribution in [1.29, 1.82) is 0 Å². The number of carboxylic acid groups (broad SMARTS) is 1. The fourth-order valence-electron chi connectivity index (χ4n) is 3.34. The Morgan fingerprint density at radius 1 is 1.06 bits per heavy atom. The van der Waals surface area contributed by atoms with Crippen molar-refractivity contribution < 1.29 is 18.3 Å². The Labute approximate surface area is 187 Å². The molecule has 4 N–H and O–H groups in total. The van der Waals surface area contributed by atoms with E-state index in [0.29, 0.717) is 11.4 Å². The van der Waals surface area contributed by atoms with Crippen LogP contribution in [0.4, 0.5) is 11.4 Å². The molecule has 0 aliphatic heterocycles. The summed E-state index contributed by atoms with van der Waals surface area (Å²) >= 11 is 0. The van der Waals surface area contributed by atoms with E-state index in [1.54, 1.807) is 30.3 Å². The Bertz CT molecular complexity index is 1200. The van der Waals surface area contributed by atoms with Crippen LogP contribution in [0.15, 0.2) is 88.8 Å². The molecule has 0 aromatic heterocycles. The van der Waals surface area contributed by atoms with Crippen molar-refractivity contribution in [3.63, 3.8) is 0 Å². The predicted molar refractivity (Wildman–Crippen MR) is 124 cm³/mol. The zero-order valence-corrected chi connectivity index (χ0v) is 18.2. The Balaban J connectivity index is 1.93. The van der Waals surface area contributed by atoms with Crippen LogP contribution in [0.25, 0.3) is 0 Å². The number of nitrogens with one attached hydrogen (secondary N) is 1. The zero-order valence-electron chi connectivity index (χ0n) is 17.4. The van der Waals surface area contributed by atoms with Crippen molar-refractivity contribution >= 4 is 33.7 Å². The monoisotopic (exact) mass is 452 g/mol. The first kappa shape index (κ1) is 23.0. The number of nitrogens with zero attached hydrogens (tertiary/aromatic N) is 2. The first-order chi connectivity index (χ1) is 15.3. The van der Waals surface area contributed by atoms with Gasteiger partial charge < -0.3 is 10.5 Å². The van der Waals surface area contributed by atoms with Gasteiger partial charge in [0.2, 0.25) is 0 Å². The van der Waals surface area contributed by atoms with Crippen molar-refractivity contribution in [3.05, 3.63) is 90.0 Å². The highest BCUT2D eigenvalue weighted by atomic mass is 32.2. The smallest absolute Gasteiger partial charge is 0.304 e. The van der Waals surface area contributed by atoms with Gasteiger partial charge in [-0.1, -0.05) is 42.5 Å². The maximum Gasteiger partial charge on any atom is 0.304 e. The van der Waals surface area contributed by atoms with Crippen LogP contribution in [0.5, 0.6) is 0 Å². The second-order valence-corrected chi connectivity index (χ2v) is 9.02. The Morgan fingerprint density at radius 3 is 2.34 bits per heavy atom. The van der Waals surface area contributed by atoms with Crippen LogP contribution in [-0.2, 0) is 14.8 Å². The maximum absolute atomic E-state index is 13.1. The van der Waals surface area contributed by atoms with Gasteiger partial charge in [0.05, 0.1) is 22.7 Å². The first-order valence-corrected chi connectivity index (χ1v) is 11.2. The lowest BCUT2D eigenvalue weighted by Gasteiger charge is -2.22. The quantitative estimate of drug-likeness (QED) is 0.198. The molecule has 3 aromatic rings. The Morgan fingerprint density at radius 2 is 1.72 bits per heavy atom. The molecule has 0 spiro atoms. The van der Waals surface area contributed by atoms with E-state index in [9.17, 15) is 18.3 Å². The lowest BCUT2D eigenvalue weighted by Crippen LogP contribution is -2.26. The number of carboxylic acids is 1. The van der Waals surface area contributed by atoms with Gasteiger partial charge in [0, 0.05) is 13.0 Å². The molecule has 8 nitrogen and oxygen atoms in total. The number of rotatable bonds is 9. The average molecular weight is 453 g/mol. The van der Waals surface area contributed by atoms with Gasteiger partial charge in [0.15, 0.2) is 0 Å². The SMILES string of the molecule is CN(c1cccc(C(CC(=O)O)c2ccccc2)c1)S(=O)(=O)c1ccc(N=CNN)cc1. The van der Waals surface area contributed by atoms with Gasteiger partial charge >= 0.3 is 5.97 Å². The summed E-state index contributed by atoms with van der Waals surface area (Å²) in [4.78, 5) is 15.6. The van der Waals surface area contributed by atoms with E-state index in [-0.39, 0.29) is 11.3 Å². The van der Waals surface area contributed by atoms with E-state index >= 15 is 0 Å². The molecule has 0 heterocycles. The minimum atomic E-state index is -3.83. The number of hydrogen-bond acceptors (Lipinski definition) is 5. The molecular formula is C23H24N4O4S. The van der Waals surface area contributed by atoms with E-state index in [2.05, 4.69) is 10.4 Å². The molecule has 3 rings (SSSR count). The average Bonchev–Trinajstić information content (AvgIpc) is 2.81. The summed E-state index contributed by atoms with van der Waals surface area (Å²) < 4.78 is 27.5. The predicted octanol–water partition coefficient (Wildman–Crippen LogP) is 3.24. The van der Waals surface area contributed by atoms with Gasteiger partial charge in [-0.3, -0.25) is 9.10 Å². The lowest BCUT2D eigenvalue weighted by atomic mass is 9.88. The number of nitrogens with two attached hydrogens (primary N) is 1. The summed E-state index contributed by atoms with van der Waals surface area (Å²) in [6.07, 6.45) is 1.19. The van der Waals surface area contributed by atoms with E-state index in [0.717, 1.165) is 11.1 Å². The molecule has 0 fully saturated rings. The Kier molecular flexibility index (Phi) is 7.24. The van der Waals surface area contributed by atoms with Crippen LogP contribution < -0.4 is 15.6 Å². The minimum absolute atomic E-state index is 0.107. The second-order valence-electron chi connectivity index (χ2n) is 7.05. The molecule has 1 unspecified atom stereocenters. The van der Waals surface area contributed by atoms with Gasteiger partial charge in [0.1, 0.15) is 6.34 Å². The number of hydrazine groups is 1. The van der Waals surface area contributed by atoms with Gasteiger partial charge in [-0.2, -0.15) is 0 Å². The van der Waals surface area contributed by atoms with Gasteiger partial charge in [0.25, 0.3) is 10.0 Å². The first-order valence-electron chi connectivity index (χ1n) is 9.77. The summed E-state index contributed by atoms with van der Waals surface area (Å²) in [6, 6.07) is 22.3. The third-order valence-electron chi connectivity index (χ3n) is 5.00. The van der Waals surface area contributed by atoms with Gasteiger partial charge in [-0.25, -0.2) is 19.3 Å². The minimum Gasteiger partial charge on any atom is -0.481 e. The third kappa shape index (κ3) is 5.32. The molecule has 32 heavy (non-hydrogen) atoms. The molecule has 0 bridgehead atoms. The Hall–Kier alpha value is -3.69. The molecule has 0 amide bonds. The summed E-state index contributed by atoms with van der Waals surface area (Å²) in [7, 11) is -2.37. The highest BCUT2D eigenvalue weighted by Crippen LogP contribution is 2.32. The number of carbonyl (C=O) groups is 1. The number of aliphatic imine (C=N–C) groups is 1. The van der Waals surface area contributed by atoms with Crippen molar-refractivity contribution in [2.75, 3.05) is 11.4 Å². The van der Waals surface area contributed by atoms with Crippen LogP contribution in [-0.4, -0.2) is 32.9 Å². The van der Waals surface area contributed by atoms with E-state index in [1.165, 1.54) is 29.8 Å². The molecule has 166 valence electrons. The summed E-state index contributed by atoms with van der Waals surface area (Å²) in [5.74, 6) is 3.81. The maximum atomic E-state index is 13.1. The molecule has 1 atom stereocenters. The summed E-state index contributed by atoms with van der Waals surface area (Å²) in [6.45, 7) is 0.